The predicted molar refractivity (Wildman–Crippen MR) is 39.3 cm³/mol. The van der Waals surface area contributed by atoms with E-state index in [9.17, 15) is 0 Å². The molecule has 0 N–H and O–H groups in total. The van der Waals surface area contributed by atoms with Gasteiger partial charge in [-0.1, -0.05) is 0 Å². The second-order valence-corrected chi connectivity index (χ2v) is 2.98. The molecule has 0 spiro atoms. The Morgan fingerprint density at radius 1 is 1.36 bits per heavy atom. The molecule has 0 aliphatic heterocycles. The molecule has 3 heteroatoms. The second kappa shape index (κ2) is 10.8. The summed E-state index contributed by atoms with van der Waals surface area (Å²) in [6.07, 6.45) is 5.09. The van der Waals surface area contributed by atoms with Gasteiger partial charge in [0.15, 0.2) is 0 Å². The summed E-state index contributed by atoms with van der Waals surface area (Å²) in [7, 11) is 0. The van der Waals surface area contributed by atoms with Crippen LogP contribution in [0.1, 0.15) is 39.5 Å². The van der Waals surface area contributed by atoms with Crippen LogP contribution < -0.4 is 12.4 Å². The Labute approximate surface area is 84.6 Å². The average molecular weight is 224 g/mol. The van der Waals surface area contributed by atoms with E-state index >= 15 is 0 Å². The van der Waals surface area contributed by atoms with Crippen molar-refractivity contribution in [1.29, 1.82) is 0 Å². The van der Waals surface area contributed by atoms with Gasteiger partial charge in [-0.3, -0.25) is 0 Å². The molecule has 0 amide bonds. The van der Waals surface area contributed by atoms with Gasteiger partial charge in [0.05, 0.1) is 0 Å². The van der Waals surface area contributed by atoms with E-state index in [0.717, 1.165) is 12.5 Å². The van der Waals surface area contributed by atoms with Crippen molar-refractivity contribution < 1.29 is 32.3 Å². The topological polar surface area (TPSA) is 9.23 Å². The molecule has 0 aromatic carbocycles. The van der Waals surface area contributed by atoms with Crippen LogP contribution in [-0.4, -0.2) is 6.61 Å². The van der Waals surface area contributed by atoms with Crippen molar-refractivity contribution in [3.8, 4) is 0 Å². The summed E-state index contributed by atoms with van der Waals surface area (Å²) in [5, 5.41) is 0. The minimum absolute atomic E-state index is 0. The predicted octanol–water partition coefficient (Wildman–Crippen LogP) is -0.315. The van der Waals surface area contributed by atoms with Gasteiger partial charge in [-0.05, 0) is 0 Å². The van der Waals surface area contributed by atoms with Crippen molar-refractivity contribution in [2.24, 2.45) is 5.92 Å². The van der Waals surface area contributed by atoms with E-state index in [1.807, 2.05) is 0 Å². The molecule has 0 aromatic rings. The van der Waals surface area contributed by atoms with Crippen LogP contribution in [0.15, 0.2) is 0 Å². The monoisotopic (exact) mass is 223 g/mol. The van der Waals surface area contributed by atoms with Crippen LogP contribution in [0.5, 0.6) is 0 Å². The molecule has 0 bridgehead atoms. The molecule has 0 radical (unpaired) electrons. The Balaban J connectivity index is 0. The Morgan fingerprint density at radius 2 is 2.00 bits per heavy atom. The van der Waals surface area contributed by atoms with Crippen molar-refractivity contribution in [3.63, 3.8) is 0 Å². The van der Waals surface area contributed by atoms with Crippen LogP contribution in [0.25, 0.3) is 0 Å². The zero-order valence-corrected chi connectivity index (χ0v) is 9.03. The van der Waals surface area contributed by atoms with E-state index in [4.69, 9.17) is 3.85 Å². The van der Waals surface area contributed by atoms with Crippen LogP contribution in [0.3, 0.4) is 0 Å². The van der Waals surface area contributed by atoms with E-state index in [-0.39, 0.29) is 12.4 Å². The van der Waals surface area contributed by atoms with Crippen molar-refractivity contribution in [3.05, 3.63) is 0 Å². The maximum Gasteiger partial charge on any atom is -1.00 e. The molecule has 1 unspecified atom stereocenters. The number of rotatable bonds is 6. The molecule has 0 aromatic heterocycles. The van der Waals surface area contributed by atoms with Crippen molar-refractivity contribution in [2.45, 2.75) is 39.5 Å². The van der Waals surface area contributed by atoms with E-state index in [2.05, 4.69) is 29.9 Å². The summed E-state index contributed by atoms with van der Waals surface area (Å²) in [5.41, 5.74) is 0. The van der Waals surface area contributed by atoms with Gasteiger partial charge in [0.25, 0.3) is 0 Å². The van der Waals surface area contributed by atoms with Gasteiger partial charge in [-0.15, -0.1) is 0 Å². The van der Waals surface area contributed by atoms with Gasteiger partial charge in [0.1, 0.15) is 0 Å². The third kappa shape index (κ3) is 8.66. The SMILES string of the molecule is CCCCC(CC)C[O][Co+].[Cl-]. The quantitative estimate of drug-likeness (QED) is 0.600. The Bertz CT molecular complexity index is 71.1. The normalized spacial score (nSPS) is 12.3. The molecule has 71 valence electrons. The molecular weight excluding hydrogens is 206 g/mol. The van der Waals surface area contributed by atoms with Gasteiger partial charge >= 0.3 is 72.0 Å². The zero-order valence-electron chi connectivity index (χ0n) is 7.23. The van der Waals surface area contributed by atoms with Gasteiger partial charge < -0.3 is 12.4 Å². The Morgan fingerprint density at radius 3 is 2.36 bits per heavy atom. The van der Waals surface area contributed by atoms with Gasteiger partial charge in [0, 0.05) is 0 Å². The summed E-state index contributed by atoms with van der Waals surface area (Å²) >= 11 is 3.78. The van der Waals surface area contributed by atoms with Crippen molar-refractivity contribution in [2.75, 3.05) is 6.61 Å². The number of halogens is 1. The Kier molecular flexibility index (Phi) is 14.0. The molecular formula is C8H17ClCoO. The van der Waals surface area contributed by atoms with Gasteiger partial charge in [-0.2, -0.15) is 0 Å². The Hall–Kier alpha value is 0.756. The fourth-order valence-electron chi connectivity index (χ4n) is 0.977. The fraction of sp³-hybridized carbons (Fsp3) is 1.00. The van der Waals surface area contributed by atoms with Crippen LogP contribution in [0, 0.1) is 5.92 Å². The summed E-state index contributed by atoms with van der Waals surface area (Å²) in [5.74, 6) is 0.718. The molecule has 0 saturated carbocycles. The minimum Gasteiger partial charge on any atom is -1.00 e. The molecule has 0 saturated heterocycles. The first-order chi connectivity index (χ1) is 4.85. The van der Waals surface area contributed by atoms with Crippen molar-refractivity contribution in [1.82, 2.24) is 0 Å². The smallest absolute Gasteiger partial charge is 1.00 e. The summed E-state index contributed by atoms with van der Waals surface area (Å²) < 4.78 is 4.78. The second-order valence-electron chi connectivity index (χ2n) is 2.68. The zero-order chi connectivity index (χ0) is 7.82. The van der Waals surface area contributed by atoms with Crippen LogP contribution in [0.4, 0.5) is 0 Å². The first-order valence-corrected chi connectivity index (χ1v) is 4.49. The van der Waals surface area contributed by atoms with Gasteiger partial charge in [0.2, 0.25) is 0 Å². The molecule has 11 heavy (non-hydrogen) atoms. The van der Waals surface area contributed by atoms with E-state index < -0.39 is 0 Å². The molecule has 0 rings (SSSR count). The summed E-state index contributed by atoms with van der Waals surface area (Å²) in [4.78, 5) is 0. The molecule has 0 fully saturated rings. The van der Waals surface area contributed by atoms with Crippen LogP contribution >= 0.6 is 0 Å². The minimum atomic E-state index is 0. The van der Waals surface area contributed by atoms with Crippen LogP contribution in [-0.2, 0) is 19.9 Å². The van der Waals surface area contributed by atoms with Crippen LogP contribution in [0.2, 0.25) is 0 Å². The number of hydrogen-bond donors (Lipinski definition) is 0. The standard InChI is InChI=1S/C8H17O.ClH.Co/c1-3-5-6-8(4-2)7-9;;/h8H,3-7H2,1-2H3;1H;/q-1;;+2/p-1. The maximum absolute atomic E-state index is 4.78. The molecule has 1 nitrogen and oxygen atoms in total. The number of unbranched alkanes of at least 4 members (excludes halogenated alkanes) is 1. The van der Waals surface area contributed by atoms with Gasteiger partial charge in [-0.25, -0.2) is 0 Å². The maximum atomic E-state index is 4.78. The largest absolute Gasteiger partial charge is 1.00 e. The van der Waals surface area contributed by atoms with Crippen molar-refractivity contribution >= 4 is 0 Å². The third-order valence-electron chi connectivity index (χ3n) is 1.83. The first-order valence-electron chi connectivity index (χ1n) is 4.06. The van der Waals surface area contributed by atoms with E-state index in [0.29, 0.717) is 0 Å². The molecule has 1 atom stereocenters. The molecule has 0 aliphatic carbocycles. The third-order valence-corrected chi connectivity index (χ3v) is 2.01. The van der Waals surface area contributed by atoms with E-state index in [1.54, 1.807) is 0 Å². The summed E-state index contributed by atoms with van der Waals surface area (Å²) in [6.45, 7) is 5.22. The average Bonchev–Trinajstić information content (AvgIpc) is 1.98. The number of hydrogen-bond acceptors (Lipinski definition) is 1. The fourth-order valence-corrected chi connectivity index (χ4v) is 1.22. The first kappa shape index (κ1) is 14.3. The summed E-state index contributed by atoms with van der Waals surface area (Å²) in [6, 6.07) is 0. The van der Waals surface area contributed by atoms with E-state index in [1.165, 1.54) is 25.7 Å². The molecule has 0 aliphatic rings. The molecule has 0 heterocycles.